The van der Waals surface area contributed by atoms with E-state index in [2.05, 4.69) is 20.5 Å². The highest BCUT2D eigenvalue weighted by molar-refractivity contribution is 7.92. The molecule has 3 N–H and O–H groups in total. The van der Waals surface area contributed by atoms with Crippen LogP contribution in [0.15, 0.2) is 53.7 Å². The Kier molecular flexibility index (Phi) is 4.45. The van der Waals surface area contributed by atoms with Crippen molar-refractivity contribution < 1.29 is 21.6 Å². The van der Waals surface area contributed by atoms with Crippen molar-refractivity contribution in [2.75, 3.05) is 17.1 Å². The topological polar surface area (TPSA) is 99.8 Å². The maximum atomic E-state index is 15.6. The van der Waals surface area contributed by atoms with Gasteiger partial charge in [-0.2, -0.15) is 5.10 Å². The highest BCUT2D eigenvalue weighted by Gasteiger charge is 2.23. The number of halogens is 3. The SMILES string of the molecule is CNc1cc2c(cn1)c1ccc(NS(=O)(=O)c3cc(F)ccc3F)c(F)c1c1[nH]ncc21. The summed E-state index contributed by atoms with van der Waals surface area (Å²) in [4.78, 5) is 3.36. The number of H-pyrrole nitrogens is 1. The molecule has 0 unspecified atom stereocenters. The quantitative estimate of drug-likeness (QED) is 0.345. The van der Waals surface area contributed by atoms with Crippen molar-refractivity contribution in [3.8, 4) is 0 Å². The van der Waals surface area contributed by atoms with Gasteiger partial charge in [0.25, 0.3) is 10.0 Å². The number of aromatic amines is 1. The van der Waals surface area contributed by atoms with E-state index in [1.807, 2.05) is 4.72 Å². The Labute approximate surface area is 179 Å². The predicted octanol–water partition coefficient (Wildman–Crippen LogP) is 4.52. The summed E-state index contributed by atoms with van der Waals surface area (Å²) >= 11 is 0. The third-order valence-electron chi connectivity index (χ3n) is 5.20. The van der Waals surface area contributed by atoms with Gasteiger partial charge in [0.15, 0.2) is 5.82 Å². The second kappa shape index (κ2) is 7.09. The lowest BCUT2D eigenvalue weighted by atomic mass is 9.99. The molecule has 162 valence electrons. The van der Waals surface area contributed by atoms with Gasteiger partial charge in [-0.1, -0.05) is 6.07 Å². The van der Waals surface area contributed by atoms with Gasteiger partial charge in [-0.05, 0) is 41.1 Å². The smallest absolute Gasteiger partial charge is 0.265 e. The van der Waals surface area contributed by atoms with Crippen LogP contribution < -0.4 is 10.0 Å². The summed E-state index contributed by atoms with van der Waals surface area (Å²) in [5.74, 6) is -2.38. The summed E-state index contributed by atoms with van der Waals surface area (Å²) < 4.78 is 70.4. The Morgan fingerprint density at radius 2 is 1.75 bits per heavy atom. The van der Waals surface area contributed by atoms with Crippen LogP contribution in [-0.2, 0) is 10.0 Å². The van der Waals surface area contributed by atoms with Gasteiger partial charge in [0, 0.05) is 29.4 Å². The Bertz CT molecular complexity index is 1650. The molecule has 0 bridgehead atoms. The number of hydrogen-bond donors (Lipinski definition) is 3. The predicted molar refractivity (Wildman–Crippen MR) is 116 cm³/mol. The molecular formula is C21H14F3N5O2S. The molecule has 5 aromatic rings. The largest absolute Gasteiger partial charge is 0.373 e. The van der Waals surface area contributed by atoms with Crippen molar-refractivity contribution in [2.24, 2.45) is 0 Å². The summed E-state index contributed by atoms with van der Waals surface area (Å²) in [6.45, 7) is 0. The highest BCUT2D eigenvalue weighted by atomic mass is 32.2. The molecule has 0 saturated carbocycles. The Hall–Kier alpha value is -3.86. The van der Waals surface area contributed by atoms with Gasteiger partial charge in [0.2, 0.25) is 0 Å². The number of nitrogens with zero attached hydrogens (tertiary/aromatic N) is 2. The van der Waals surface area contributed by atoms with E-state index in [0.29, 0.717) is 39.6 Å². The average molecular weight is 457 g/mol. The lowest BCUT2D eigenvalue weighted by Crippen LogP contribution is -2.16. The molecule has 0 aliphatic rings. The summed E-state index contributed by atoms with van der Waals surface area (Å²) in [6.07, 6.45) is 3.12. The van der Waals surface area contributed by atoms with E-state index in [-0.39, 0.29) is 5.39 Å². The van der Waals surface area contributed by atoms with E-state index >= 15 is 4.39 Å². The monoisotopic (exact) mass is 457 g/mol. The molecule has 0 amide bonds. The van der Waals surface area contributed by atoms with E-state index in [0.717, 1.165) is 11.5 Å². The normalized spacial score (nSPS) is 12.0. The second-order valence-corrected chi connectivity index (χ2v) is 8.70. The van der Waals surface area contributed by atoms with Crippen LogP contribution in [-0.4, -0.2) is 30.6 Å². The first-order chi connectivity index (χ1) is 15.3. The van der Waals surface area contributed by atoms with Crippen LogP contribution in [0.4, 0.5) is 24.7 Å². The van der Waals surface area contributed by atoms with Gasteiger partial charge in [-0.15, -0.1) is 0 Å². The zero-order chi connectivity index (χ0) is 22.6. The fraction of sp³-hybridized carbons (Fsp3) is 0.0476. The van der Waals surface area contributed by atoms with Crippen LogP contribution in [0, 0.1) is 17.5 Å². The zero-order valence-corrected chi connectivity index (χ0v) is 17.2. The maximum Gasteiger partial charge on any atom is 0.265 e. The molecule has 32 heavy (non-hydrogen) atoms. The Morgan fingerprint density at radius 3 is 2.53 bits per heavy atom. The lowest BCUT2D eigenvalue weighted by molar-refractivity contribution is 0.555. The number of aromatic nitrogens is 3. The molecule has 0 aliphatic carbocycles. The molecular weight excluding hydrogens is 443 g/mol. The fourth-order valence-electron chi connectivity index (χ4n) is 3.72. The third-order valence-corrected chi connectivity index (χ3v) is 6.58. The van der Waals surface area contributed by atoms with Crippen LogP contribution in [0.1, 0.15) is 0 Å². The van der Waals surface area contributed by atoms with E-state index in [1.54, 1.807) is 19.3 Å². The van der Waals surface area contributed by atoms with Crippen LogP contribution in [0.3, 0.4) is 0 Å². The summed E-state index contributed by atoms with van der Waals surface area (Å²) in [5.41, 5.74) is -0.0625. The molecule has 2 heterocycles. The maximum absolute atomic E-state index is 15.6. The van der Waals surface area contributed by atoms with Crippen LogP contribution in [0.25, 0.3) is 32.4 Å². The molecule has 0 radical (unpaired) electrons. The first kappa shape index (κ1) is 20.1. The standard InChI is InChI=1S/C21H14F3N5O2S/c1-25-18-7-12-13(8-26-18)11-3-5-16(20(24)19(11)21-14(12)9-27-28-21)29-32(30,31)17-6-10(22)2-4-15(17)23/h2-9,29H,1H3,(H,25,26)(H,27,28). The molecule has 7 nitrogen and oxygen atoms in total. The molecule has 0 fully saturated rings. The minimum absolute atomic E-state index is 0.0870. The van der Waals surface area contributed by atoms with Gasteiger partial charge in [0.1, 0.15) is 22.3 Å². The van der Waals surface area contributed by atoms with Gasteiger partial charge < -0.3 is 5.32 Å². The Morgan fingerprint density at radius 1 is 0.938 bits per heavy atom. The first-order valence-electron chi connectivity index (χ1n) is 9.33. The molecule has 0 aliphatic heterocycles. The van der Waals surface area contributed by atoms with E-state index in [9.17, 15) is 17.2 Å². The minimum Gasteiger partial charge on any atom is -0.373 e. The number of nitrogens with one attached hydrogen (secondary N) is 3. The van der Waals surface area contributed by atoms with Crippen molar-refractivity contribution in [1.29, 1.82) is 0 Å². The van der Waals surface area contributed by atoms with E-state index in [1.165, 1.54) is 18.3 Å². The van der Waals surface area contributed by atoms with Crippen molar-refractivity contribution in [3.05, 3.63) is 66.2 Å². The number of rotatable bonds is 4. The molecule has 0 spiro atoms. The third kappa shape index (κ3) is 3.01. The molecule has 3 aromatic carbocycles. The van der Waals surface area contributed by atoms with Gasteiger partial charge >= 0.3 is 0 Å². The van der Waals surface area contributed by atoms with Crippen LogP contribution >= 0.6 is 0 Å². The number of hydrogen-bond acceptors (Lipinski definition) is 5. The number of pyridine rings is 1. The van der Waals surface area contributed by atoms with E-state index < -0.39 is 38.1 Å². The van der Waals surface area contributed by atoms with Crippen molar-refractivity contribution >= 4 is 54.0 Å². The fourth-order valence-corrected chi connectivity index (χ4v) is 4.87. The van der Waals surface area contributed by atoms with Gasteiger partial charge in [-0.3, -0.25) is 9.82 Å². The summed E-state index contributed by atoms with van der Waals surface area (Å²) in [7, 11) is -2.88. The van der Waals surface area contributed by atoms with Gasteiger partial charge in [-0.25, -0.2) is 26.6 Å². The molecule has 0 saturated heterocycles. The number of benzene rings is 3. The zero-order valence-electron chi connectivity index (χ0n) is 16.4. The second-order valence-electron chi connectivity index (χ2n) is 7.05. The van der Waals surface area contributed by atoms with Crippen LogP contribution in [0.5, 0.6) is 0 Å². The first-order valence-corrected chi connectivity index (χ1v) is 10.8. The highest BCUT2D eigenvalue weighted by Crippen LogP contribution is 2.38. The molecule has 11 heteroatoms. The average Bonchev–Trinajstić information content (AvgIpc) is 3.26. The number of anilines is 2. The summed E-state index contributed by atoms with van der Waals surface area (Å²) in [6, 6.07) is 6.56. The molecule has 2 aromatic heterocycles. The van der Waals surface area contributed by atoms with E-state index in [4.69, 9.17) is 0 Å². The van der Waals surface area contributed by atoms with Crippen molar-refractivity contribution in [3.63, 3.8) is 0 Å². The number of sulfonamides is 1. The van der Waals surface area contributed by atoms with Gasteiger partial charge in [0.05, 0.1) is 17.4 Å². The minimum atomic E-state index is -4.60. The molecule has 5 rings (SSSR count). The summed E-state index contributed by atoms with van der Waals surface area (Å²) in [5, 5.41) is 12.3. The van der Waals surface area contributed by atoms with Crippen molar-refractivity contribution in [2.45, 2.75) is 4.90 Å². The number of fused-ring (bicyclic) bond motifs is 6. The Balaban J connectivity index is 1.74. The lowest BCUT2D eigenvalue weighted by Gasteiger charge is -2.13. The van der Waals surface area contributed by atoms with Crippen LogP contribution in [0.2, 0.25) is 0 Å². The molecule has 0 atom stereocenters. The van der Waals surface area contributed by atoms with Crippen molar-refractivity contribution in [1.82, 2.24) is 15.2 Å².